The van der Waals surface area contributed by atoms with E-state index in [2.05, 4.69) is 10.3 Å². The molecule has 6 nitrogen and oxygen atoms in total. The first-order valence-corrected chi connectivity index (χ1v) is 7.21. The van der Waals surface area contributed by atoms with Crippen LogP contribution in [0.4, 0.5) is 0 Å². The van der Waals surface area contributed by atoms with E-state index in [4.69, 9.17) is 4.74 Å². The molecule has 1 atom stereocenters. The van der Waals surface area contributed by atoms with Crippen molar-refractivity contribution in [1.29, 1.82) is 0 Å². The zero-order valence-electron chi connectivity index (χ0n) is 12.0. The standard InChI is InChI=1S/C15H19N3O3/c1-21-12-7-4-6-11-13(15(19)20)17-14(18(11)12)10-5-2-3-8-16-9-10/h4,6-7,10,16H,2-3,5,8-9H2,1H3,(H,19,20). The third kappa shape index (κ3) is 2.47. The van der Waals surface area contributed by atoms with Gasteiger partial charge in [0.1, 0.15) is 5.82 Å². The van der Waals surface area contributed by atoms with Gasteiger partial charge in [-0.3, -0.25) is 4.40 Å². The predicted octanol–water partition coefficient (Wildman–Crippen LogP) is 1.90. The van der Waals surface area contributed by atoms with Crippen LogP contribution in [0, 0.1) is 0 Å². The zero-order chi connectivity index (χ0) is 14.8. The van der Waals surface area contributed by atoms with Gasteiger partial charge in [-0.1, -0.05) is 12.5 Å². The molecule has 0 bridgehead atoms. The van der Waals surface area contributed by atoms with E-state index in [-0.39, 0.29) is 11.6 Å². The molecule has 21 heavy (non-hydrogen) atoms. The molecule has 0 aliphatic carbocycles. The second kappa shape index (κ2) is 5.73. The highest BCUT2D eigenvalue weighted by Crippen LogP contribution is 2.29. The van der Waals surface area contributed by atoms with Gasteiger partial charge < -0.3 is 15.2 Å². The van der Waals surface area contributed by atoms with Crippen LogP contribution in [0.15, 0.2) is 18.2 Å². The molecule has 0 spiro atoms. The number of aromatic carboxylic acids is 1. The Bertz CT molecular complexity index is 657. The number of fused-ring (bicyclic) bond motifs is 1. The number of hydrogen-bond donors (Lipinski definition) is 2. The maximum atomic E-state index is 11.4. The number of rotatable bonds is 3. The summed E-state index contributed by atoms with van der Waals surface area (Å²) < 4.78 is 7.23. The summed E-state index contributed by atoms with van der Waals surface area (Å²) in [6.45, 7) is 1.82. The molecule has 2 aromatic heterocycles. The molecular weight excluding hydrogens is 270 g/mol. The topological polar surface area (TPSA) is 75.9 Å². The lowest BCUT2D eigenvalue weighted by Gasteiger charge is -2.14. The average Bonchev–Trinajstić information content (AvgIpc) is 2.69. The summed E-state index contributed by atoms with van der Waals surface area (Å²) in [4.78, 5) is 15.9. The molecule has 2 aromatic rings. The van der Waals surface area contributed by atoms with Crippen LogP contribution in [0.25, 0.3) is 5.52 Å². The Morgan fingerprint density at radius 1 is 1.48 bits per heavy atom. The Labute approximate surface area is 122 Å². The van der Waals surface area contributed by atoms with Gasteiger partial charge in [0, 0.05) is 12.5 Å². The van der Waals surface area contributed by atoms with Gasteiger partial charge >= 0.3 is 5.97 Å². The smallest absolute Gasteiger partial charge is 0.356 e. The second-order valence-electron chi connectivity index (χ2n) is 5.31. The summed E-state index contributed by atoms with van der Waals surface area (Å²) in [5.74, 6) is 0.582. The minimum absolute atomic E-state index is 0.0909. The number of imidazole rings is 1. The number of methoxy groups -OCH3 is 1. The van der Waals surface area contributed by atoms with E-state index >= 15 is 0 Å². The van der Waals surface area contributed by atoms with Crippen LogP contribution in [0.2, 0.25) is 0 Å². The molecule has 1 aliphatic rings. The van der Waals surface area contributed by atoms with Crippen molar-refractivity contribution in [2.45, 2.75) is 25.2 Å². The van der Waals surface area contributed by atoms with Gasteiger partial charge in [0.05, 0.1) is 12.6 Å². The lowest BCUT2D eigenvalue weighted by molar-refractivity contribution is 0.0693. The SMILES string of the molecule is COc1cccc2c(C(=O)O)nc(C3CCCCNC3)n12. The summed E-state index contributed by atoms with van der Waals surface area (Å²) in [5.41, 5.74) is 0.675. The Kier molecular flexibility index (Phi) is 3.79. The first kappa shape index (κ1) is 13.9. The van der Waals surface area contributed by atoms with Crippen LogP contribution in [-0.2, 0) is 0 Å². The highest BCUT2D eigenvalue weighted by molar-refractivity contribution is 5.94. The molecule has 112 valence electrons. The molecule has 3 heterocycles. The zero-order valence-corrected chi connectivity index (χ0v) is 12.0. The molecule has 1 unspecified atom stereocenters. The molecule has 1 fully saturated rings. The van der Waals surface area contributed by atoms with Crippen LogP contribution in [0.1, 0.15) is 41.5 Å². The van der Waals surface area contributed by atoms with Crippen LogP contribution in [0.3, 0.4) is 0 Å². The summed E-state index contributed by atoms with van der Waals surface area (Å²) in [7, 11) is 1.59. The van der Waals surface area contributed by atoms with E-state index in [1.54, 1.807) is 19.2 Å². The van der Waals surface area contributed by atoms with Gasteiger partial charge in [-0.05, 0) is 31.5 Å². The maximum Gasteiger partial charge on any atom is 0.356 e. The molecular formula is C15H19N3O3. The molecule has 0 radical (unpaired) electrons. The monoisotopic (exact) mass is 289 g/mol. The van der Waals surface area contributed by atoms with Gasteiger partial charge in [0.15, 0.2) is 11.6 Å². The molecule has 2 N–H and O–H groups in total. The molecule has 3 rings (SSSR count). The van der Waals surface area contributed by atoms with Gasteiger partial charge in [-0.15, -0.1) is 0 Å². The first-order valence-electron chi connectivity index (χ1n) is 7.21. The molecule has 0 aromatic carbocycles. The van der Waals surface area contributed by atoms with Crippen molar-refractivity contribution in [3.63, 3.8) is 0 Å². The number of aromatic nitrogens is 2. The van der Waals surface area contributed by atoms with Crippen molar-refractivity contribution < 1.29 is 14.6 Å². The number of ether oxygens (including phenoxy) is 1. The molecule has 0 amide bonds. The highest BCUT2D eigenvalue weighted by atomic mass is 16.5. The lowest BCUT2D eigenvalue weighted by Crippen LogP contribution is -2.21. The van der Waals surface area contributed by atoms with Crippen LogP contribution >= 0.6 is 0 Å². The minimum atomic E-state index is -1.01. The molecule has 1 saturated heterocycles. The fourth-order valence-electron chi connectivity index (χ4n) is 2.96. The Morgan fingerprint density at radius 2 is 2.33 bits per heavy atom. The van der Waals surface area contributed by atoms with Crippen molar-refractivity contribution in [3.8, 4) is 5.88 Å². The fraction of sp³-hybridized carbons (Fsp3) is 0.467. The predicted molar refractivity (Wildman–Crippen MR) is 78.2 cm³/mol. The largest absolute Gasteiger partial charge is 0.482 e. The van der Waals surface area contributed by atoms with Crippen molar-refractivity contribution >= 4 is 11.5 Å². The van der Waals surface area contributed by atoms with Crippen molar-refractivity contribution in [1.82, 2.24) is 14.7 Å². The van der Waals surface area contributed by atoms with E-state index in [1.807, 2.05) is 10.5 Å². The third-order valence-corrected chi connectivity index (χ3v) is 3.98. The Hall–Kier alpha value is -2.08. The van der Waals surface area contributed by atoms with Crippen LogP contribution in [-0.4, -0.2) is 40.7 Å². The second-order valence-corrected chi connectivity index (χ2v) is 5.31. The van der Waals surface area contributed by atoms with Gasteiger partial charge in [-0.25, -0.2) is 9.78 Å². The van der Waals surface area contributed by atoms with E-state index in [9.17, 15) is 9.90 Å². The molecule has 1 aliphatic heterocycles. The fourth-order valence-corrected chi connectivity index (χ4v) is 2.96. The van der Waals surface area contributed by atoms with Gasteiger partial charge in [0.25, 0.3) is 0 Å². The Balaban J connectivity index is 2.18. The number of carboxylic acid groups (broad SMARTS) is 1. The summed E-state index contributed by atoms with van der Waals surface area (Å²) in [5, 5.41) is 12.8. The highest BCUT2D eigenvalue weighted by Gasteiger charge is 2.25. The third-order valence-electron chi connectivity index (χ3n) is 3.98. The van der Waals surface area contributed by atoms with Crippen LogP contribution in [0.5, 0.6) is 5.88 Å². The van der Waals surface area contributed by atoms with Gasteiger partial charge in [0.2, 0.25) is 0 Å². The van der Waals surface area contributed by atoms with Crippen molar-refractivity contribution in [2.75, 3.05) is 20.2 Å². The van der Waals surface area contributed by atoms with E-state index in [0.717, 1.165) is 38.2 Å². The number of carbonyl (C=O) groups is 1. The van der Waals surface area contributed by atoms with Crippen molar-refractivity contribution in [2.24, 2.45) is 0 Å². The molecule has 6 heteroatoms. The summed E-state index contributed by atoms with van der Waals surface area (Å²) >= 11 is 0. The van der Waals surface area contributed by atoms with E-state index < -0.39 is 5.97 Å². The minimum Gasteiger partial charge on any atom is -0.482 e. The average molecular weight is 289 g/mol. The van der Waals surface area contributed by atoms with Crippen molar-refractivity contribution in [3.05, 3.63) is 29.7 Å². The summed E-state index contributed by atoms with van der Waals surface area (Å²) in [6, 6.07) is 5.39. The van der Waals surface area contributed by atoms with Gasteiger partial charge in [-0.2, -0.15) is 0 Å². The quantitative estimate of drug-likeness (QED) is 0.902. The molecule has 0 saturated carbocycles. The van der Waals surface area contributed by atoms with Crippen LogP contribution < -0.4 is 10.1 Å². The first-order chi connectivity index (χ1) is 10.2. The number of nitrogens with one attached hydrogen (secondary N) is 1. The lowest BCUT2D eigenvalue weighted by atomic mass is 10.0. The maximum absolute atomic E-state index is 11.4. The number of carboxylic acids is 1. The van der Waals surface area contributed by atoms with E-state index in [1.165, 1.54) is 0 Å². The number of nitrogens with zero attached hydrogens (tertiary/aromatic N) is 2. The number of hydrogen-bond acceptors (Lipinski definition) is 4. The Morgan fingerprint density at radius 3 is 3.10 bits per heavy atom. The normalized spacial score (nSPS) is 19.4. The van der Waals surface area contributed by atoms with E-state index in [0.29, 0.717) is 11.4 Å². The number of pyridine rings is 1. The summed E-state index contributed by atoms with van der Waals surface area (Å²) in [6.07, 6.45) is 3.26.